The normalized spacial score (nSPS) is 13.3. The first kappa shape index (κ1) is 27.0. The van der Waals surface area contributed by atoms with Crippen LogP contribution in [0, 0.1) is 6.92 Å². The molecule has 42 heavy (non-hydrogen) atoms. The van der Waals surface area contributed by atoms with Crippen molar-refractivity contribution in [1.82, 2.24) is 19.1 Å². The number of aryl methyl sites for hydroxylation is 1. The summed E-state index contributed by atoms with van der Waals surface area (Å²) >= 11 is 0. The Morgan fingerprint density at radius 2 is 1.71 bits per heavy atom. The fourth-order valence-corrected chi connectivity index (χ4v) is 5.37. The number of aromatic nitrogens is 3. The lowest BCUT2D eigenvalue weighted by molar-refractivity contribution is 0.0302. The van der Waals surface area contributed by atoms with E-state index in [9.17, 15) is 14.4 Å². The molecular formula is C32H30N6O4. The average Bonchev–Trinajstić information content (AvgIpc) is 3.02. The van der Waals surface area contributed by atoms with E-state index in [-0.39, 0.29) is 16.9 Å². The molecular weight excluding hydrogens is 532 g/mol. The second-order valence-electron chi connectivity index (χ2n) is 10.3. The number of amides is 1. The highest BCUT2D eigenvalue weighted by atomic mass is 16.5. The quantitative estimate of drug-likeness (QED) is 0.313. The van der Waals surface area contributed by atoms with Gasteiger partial charge in [-0.05, 0) is 53.9 Å². The lowest BCUT2D eigenvalue weighted by atomic mass is 9.93. The molecule has 0 radical (unpaired) electrons. The average molecular weight is 563 g/mol. The summed E-state index contributed by atoms with van der Waals surface area (Å²) in [5.41, 5.74) is 4.90. The molecule has 212 valence electrons. The SMILES string of the molecule is Cc1c(-c2cc(Nc3ccc(C(=O)N4CCOCC4)cn3)c(=O)n(C)c2)cccc1-c1cn(N)c2ccccc2c1=O. The van der Waals surface area contributed by atoms with Crippen LogP contribution in [0.2, 0.25) is 0 Å². The largest absolute Gasteiger partial charge is 0.378 e. The molecule has 3 N–H and O–H groups in total. The van der Waals surface area contributed by atoms with E-state index in [4.69, 9.17) is 10.6 Å². The summed E-state index contributed by atoms with van der Waals surface area (Å²) in [4.78, 5) is 45.4. The molecule has 3 aromatic heterocycles. The van der Waals surface area contributed by atoms with E-state index in [0.717, 1.165) is 22.3 Å². The van der Waals surface area contributed by atoms with Gasteiger partial charge < -0.3 is 25.4 Å². The van der Waals surface area contributed by atoms with Crippen molar-refractivity contribution in [3.8, 4) is 22.3 Å². The van der Waals surface area contributed by atoms with Gasteiger partial charge in [-0.2, -0.15) is 0 Å². The fraction of sp³-hybridized carbons (Fsp3) is 0.188. The summed E-state index contributed by atoms with van der Waals surface area (Å²) < 4.78 is 8.30. The number of benzene rings is 2. The first-order chi connectivity index (χ1) is 20.3. The fourth-order valence-electron chi connectivity index (χ4n) is 5.37. The molecule has 1 fully saturated rings. The van der Waals surface area contributed by atoms with E-state index in [1.165, 1.54) is 15.4 Å². The standard InChI is InChI=1S/C32H30N6O4/c1-20-23(7-5-8-24(20)26-19-38(33)28-9-4-3-6-25(28)30(26)39)22-16-27(32(41)36(2)18-22)35-29-11-10-21(17-34-29)31(40)37-12-14-42-15-13-37/h3-11,16-19H,12-15,33H2,1-2H3,(H,34,35). The summed E-state index contributed by atoms with van der Waals surface area (Å²) in [5, 5.41) is 3.65. The number of ether oxygens (including phenoxy) is 1. The Morgan fingerprint density at radius 3 is 2.48 bits per heavy atom. The zero-order valence-electron chi connectivity index (χ0n) is 23.3. The summed E-state index contributed by atoms with van der Waals surface area (Å²) in [5.74, 6) is 6.59. The van der Waals surface area contributed by atoms with Gasteiger partial charge in [0.15, 0.2) is 5.43 Å². The second kappa shape index (κ2) is 11.0. The van der Waals surface area contributed by atoms with Crippen LogP contribution in [0.1, 0.15) is 15.9 Å². The van der Waals surface area contributed by atoms with Crippen LogP contribution in [0.5, 0.6) is 0 Å². The van der Waals surface area contributed by atoms with Crippen molar-refractivity contribution in [2.75, 3.05) is 37.5 Å². The zero-order chi connectivity index (χ0) is 29.4. The second-order valence-corrected chi connectivity index (χ2v) is 10.3. The minimum Gasteiger partial charge on any atom is -0.378 e. The van der Waals surface area contributed by atoms with E-state index < -0.39 is 0 Å². The van der Waals surface area contributed by atoms with Crippen LogP contribution in [0.15, 0.2) is 88.8 Å². The molecule has 10 heteroatoms. The maximum absolute atomic E-state index is 13.4. The van der Waals surface area contributed by atoms with Gasteiger partial charge in [0.05, 0.1) is 24.3 Å². The number of hydrogen-bond donors (Lipinski definition) is 2. The maximum Gasteiger partial charge on any atom is 0.274 e. The number of morpholine rings is 1. The number of fused-ring (bicyclic) bond motifs is 1. The Bertz CT molecular complexity index is 1940. The van der Waals surface area contributed by atoms with Gasteiger partial charge in [0.2, 0.25) is 0 Å². The Kier molecular flexibility index (Phi) is 7.05. The summed E-state index contributed by atoms with van der Waals surface area (Å²) in [7, 11) is 1.68. The summed E-state index contributed by atoms with van der Waals surface area (Å²) in [6.07, 6.45) is 4.93. The molecule has 6 rings (SSSR count). The third kappa shape index (κ3) is 4.92. The number of nitrogens with one attached hydrogen (secondary N) is 1. The molecule has 1 amide bonds. The van der Waals surface area contributed by atoms with E-state index in [1.807, 2.05) is 43.3 Å². The minimum absolute atomic E-state index is 0.0987. The number of nitrogens with two attached hydrogens (primary N) is 1. The highest BCUT2D eigenvalue weighted by Crippen LogP contribution is 2.32. The Balaban J connectivity index is 1.33. The van der Waals surface area contributed by atoms with Gasteiger partial charge in [-0.25, -0.2) is 4.98 Å². The molecule has 0 bridgehead atoms. The van der Waals surface area contributed by atoms with Crippen LogP contribution in [-0.2, 0) is 11.8 Å². The van der Waals surface area contributed by atoms with Crippen LogP contribution < -0.4 is 22.1 Å². The Labute approximate surface area is 241 Å². The molecule has 0 unspecified atom stereocenters. The topological polar surface area (TPSA) is 124 Å². The third-order valence-electron chi connectivity index (χ3n) is 7.63. The van der Waals surface area contributed by atoms with Crippen molar-refractivity contribution in [3.05, 3.63) is 111 Å². The molecule has 1 saturated heterocycles. The van der Waals surface area contributed by atoms with Gasteiger partial charge in [-0.15, -0.1) is 0 Å². The Hall–Kier alpha value is -5.22. The van der Waals surface area contributed by atoms with Crippen molar-refractivity contribution in [2.24, 2.45) is 7.05 Å². The van der Waals surface area contributed by atoms with Crippen molar-refractivity contribution in [1.29, 1.82) is 0 Å². The molecule has 0 aliphatic carbocycles. The van der Waals surface area contributed by atoms with Crippen molar-refractivity contribution in [2.45, 2.75) is 6.92 Å². The van der Waals surface area contributed by atoms with Gasteiger partial charge in [-0.1, -0.05) is 30.3 Å². The van der Waals surface area contributed by atoms with Gasteiger partial charge >= 0.3 is 0 Å². The number of nitrogens with zero attached hydrogens (tertiary/aromatic N) is 4. The molecule has 2 aromatic carbocycles. The van der Waals surface area contributed by atoms with E-state index in [0.29, 0.717) is 59.8 Å². The number of rotatable bonds is 5. The van der Waals surface area contributed by atoms with E-state index in [1.54, 1.807) is 48.6 Å². The van der Waals surface area contributed by atoms with Gasteiger partial charge in [0.25, 0.3) is 11.5 Å². The summed E-state index contributed by atoms with van der Waals surface area (Å²) in [6.45, 7) is 4.09. The minimum atomic E-state index is -0.233. The summed E-state index contributed by atoms with van der Waals surface area (Å²) in [6, 6.07) is 18.1. The lowest BCUT2D eigenvalue weighted by Crippen LogP contribution is -2.40. The molecule has 0 saturated carbocycles. The molecule has 1 aliphatic rings. The van der Waals surface area contributed by atoms with Crippen molar-refractivity contribution in [3.63, 3.8) is 0 Å². The van der Waals surface area contributed by atoms with Crippen LogP contribution >= 0.6 is 0 Å². The first-order valence-electron chi connectivity index (χ1n) is 13.6. The molecule has 1 aliphatic heterocycles. The highest BCUT2D eigenvalue weighted by molar-refractivity contribution is 5.94. The van der Waals surface area contributed by atoms with Gasteiger partial charge in [0.1, 0.15) is 11.5 Å². The molecule has 0 atom stereocenters. The third-order valence-corrected chi connectivity index (χ3v) is 7.63. The predicted molar refractivity (Wildman–Crippen MR) is 163 cm³/mol. The number of pyridine rings is 3. The smallest absolute Gasteiger partial charge is 0.274 e. The number of carbonyl (C=O) groups excluding carboxylic acids is 1. The van der Waals surface area contributed by atoms with Crippen molar-refractivity contribution >= 4 is 28.3 Å². The number of carbonyl (C=O) groups is 1. The first-order valence-corrected chi connectivity index (χ1v) is 13.6. The van der Waals surface area contributed by atoms with Gasteiger partial charge in [0, 0.05) is 55.2 Å². The number of nitrogen functional groups attached to an aromatic ring is 1. The molecule has 0 spiro atoms. The van der Waals surface area contributed by atoms with Crippen LogP contribution in [0.25, 0.3) is 33.2 Å². The zero-order valence-corrected chi connectivity index (χ0v) is 23.3. The van der Waals surface area contributed by atoms with Crippen LogP contribution in [0.4, 0.5) is 11.5 Å². The Morgan fingerprint density at radius 1 is 0.952 bits per heavy atom. The van der Waals surface area contributed by atoms with E-state index in [2.05, 4.69) is 10.3 Å². The predicted octanol–water partition coefficient (Wildman–Crippen LogP) is 3.67. The number of hydrogen-bond acceptors (Lipinski definition) is 7. The number of para-hydroxylation sites is 1. The monoisotopic (exact) mass is 562 g/mol. The highest BCUT2D eigenvalue weighted by Gasteiger charge is 2.19. The van der Waals surface area contributed by atoms with E-state index >= 15 is 0 Å². The van der Waals surface area contributed by atoms with Crippen LogP contribution in [0.3, 0.4) is 0 Å². The van der Waals surface area contributed by atoms with Crippen molar-refractivity contribution < 1.29 is 9.53 Å². The van der Waals surface area contributed by atoms with Gasteiger partial charge in [-0.3, -0.25) is 19.1 Å². The lowest BCUT2D eigenvalue weighted by Gasteiger charge is -2.26. The number of anilines is 2. The molecule has 10 nitrogen and oxygen atoms in total. The van der Waals surface area contributed by atoms with Crippen LogP contribution in [-0.4, -0.2) is 51.3 Å². The molecule has 4 heterocycles. The molecule has 5 aromatic rings. The maximum atomic E-state index is 13.4.